The van der Waals surface area contributed by atoms with Gasteiger partial charge in [-0.2, -0.15) is 4.72 Å². The smallest absolute Gasteiger partial charge is 0.207 e. The molecule has 5 heteroatoms. The van der Waals surface area contributed by atoms with Crippen molar-refractivity contribution < 1.29 is 8.42 Å². The van der Waals surface area contributed by atoms with Gasteiger partial charge in [-0.1, -0.05) is 86.4 Å². The number of nitrogens with one attached hydrogen (secondary N) is 1. The zero-order chi connectivity index (χ0) is 21.2. The Morgan fingerprint density at radius 2 is 1.59 bits per heavy atom. The van der Waals surface area contributed by atoms with Crippen LogP contribution in [0, 0.1) is 6.92 Å². The summed E-state index contributed by atoms with van der Waals surface area (Å²) in [5, 5.41) is 3.03. The molecule has 0 aliphatic carbocycles. The number of rotatable bonds is 6. The fourth-order valence-electron chi connectivity index (χ4n) is 3.52. The number of hydrogen-bond donors (Lipinski definition) is 1. The minimum Gasteiger partial charge on any atom is -0.207 e. The standard InChI is InChI=1S/C24H27NO2SSi/c1-6-23(29(3,4)5)24(22-13-9-11-19-10-7-8-12-21(19)22)25-28(26,27)20-16-14-18(2)15-17-20/h7-17,24-25H,1H2,2-5H3/t24-/m1/s1. The average molecular weight is 422 g/mol. The molecule has 150 valence electrons. The predicted octanol–water partition coefficient (Wildman–Crippen LogP) is 5.76. The first-order valence-corrected chi connectivity index (χ1v) is 14.6. The lowest BCUT2D eigenvalue weighted by Gasteiger charge is -2.29. The minimum atomic E-state index is -3.72. The summed E-state index contributed by atoms with van der Waals surface area (Å²) in [6.07, 6.45) is 0. The largest absolute Gasteiger partial charge is 0.241 e. The van der Waals surface area contributed by atoms with Crippen LogP contribution in [-0.4, -0.2) is 16.5 Å². The maximum absolute atomic E-state index is 13.3. The van der Waals surface area contributed by atoms with Crippen molar-refractivity contribution in [2.24, 2.45) is 0 Å². The second-order valence-corrected chi connectivity index (χ2v) is 15.0. The van der Waals surface area contributed by atoms with E-state index in [9.17, 15) is 8.42 Å². The van der Waals surface area contributed by atoms with Gasteiger partial charge in [-0.25, -0.2) is 8.42 Å². The van der Waals surface area contributed by atoms with Crippen molar-refractivity contribution >= 4 is 28.9 Å². The minimum absolute atomic E-state index is 0.257. The Kier molecular flexibility index (Phi) is 5.97. The summed E-state index contributed by atoms with van der Waals surface area (Å²) in [5.41, 5.74) is 5.03. The van der Waals surface area contributed by atoms with Gasteiger partial charge in [0, 0.05) is 0 Å². The lowest BCUT2D eigenvalue weighted by Crippen LogP contribution is -2.37. The molecule has 0 unspecified atom stereocenters. The number of sulfonamides is 1. The second-order valence-electron chi connectivity index (χ2n) is 8.28. The first kappa shape index (κ1) is 21.3. The zero-order valence-corrected chi connectivity index (χ0v) is 19.2. The van der Waals surface area contributed by atoms with Crippen molar-refractivity contribution in [2.45, 2.75) is 37.5 Å². The summed E-state index contributed by atoms with van der Waals surface area (Å²) in [4.78, 5) is 0.257. The van der Waals surface area contributed by atoms with Crippen LogP contribution in [0.3, 0.4) is 0 Å². The second kappa shape index (κ2) is 8.13. The molecule has 3 aromatic rings. The van der Waals surface area contributed by atoms with Crippen LogP contribution in [0.1, 0.15) is 17.2 Å². The highest BCUT2D eigenvalue weighted by Crippen LogP contribution is 2.34. The highest BCUT2D eigenvalue weighted by molar-refractivity contribution is 7.89. The summed E-state index contributed by atoms with van der Waals surface area (Å²) in [6, 6.07) is 20.4. The molecule has 0 aliphatic rings. The van der Waals surface area contributed by atoms with E-state index < -0.39 is 24.1 Å². The van der Waals surface area contributed by atoms with Gasteiger partial charge in [0.2, 0.25) is 10.0 Å². The summed E-state index contributed by atoms with van der Waals surface area (Å²) in [6.45, 7) is 12.4. The van der Waals surface area contributed by atoms with E-state index in [4.69, 9.17) is 0 Å². The SMILES string of the molecule is C=C=C([C@H](NS(=O)(=O)c1ccc(C)cc1)c1cccc2ccccc12)[Si](C)(C)C. The summed E-state index contributed by atoms with van der Waals surface area (Å²) < 4.78 is 29.5. The number of fused-ring (bicyclic) bond motifs is 1. The van der Waals surface area contributed by atoms with E-state index in [0.29, 0.717) is 0 Å². The van der Waals surface area contributed by atoms with Crippen LogP contribution in [0.5, 0.6) is 0 Å². The van der Waals surface area contributed by atoms with Gasteiger partial charge < -0.3 is 0 Å². The van der Waals surface area contributed by atoms with Gasteiger partial charge >= 0.3 is 0 Å². The molecule has 0 heterocycles. The highest BCUT2D eigenvalue weighted by atomic mass is 32.2. The first-order valence-electron chi connectivity index (χ1n) is 9.60. The average Bonchev–Trinajstić information content (AvgIpc) is 2.66. The molecule has 29 heavy (non-hydrogen) atoms. The molecule has 0 saturated carbocycles. The lowest BCUT2D eigenvalue weighted by molar-refractivity contribution is 0.573. The van der Waals surface area contributed by atoms with Crippen LogP contribution in [0.15, 0.2) is 89.1 Å². The number of aryl methyl sites for hydroxylation is 1. The molecule has 0 aliphatic heterocycles. The molecule has 3 nitrogen and oxygen atoms in total. The van der Waals surface area contributed by atoms with Crippen LogP contribution in [0.2, 0.25) is 19.6 Å². The molecule has 0 saturated heterocycles. The van der Waals surface area contributed by atoms with E-state index in [2.05, 4.69) is 36.7 Å². The lowest BCUT2D eigenvalue weighted by atomic mass is 9.99. The molecule has 0 radical (unpaired) electrons. The van der Waals surface area contributed by atoms with Crippen LogP contribution in [0.4, 0.5) is 0 Å². The van der Waals surface area contributed by atoms with Gasteiger partial charge in [-0.3, -0.25) is 0 Å². The Bertz CT molecular complexity index is 1180. The van der Waals surface area contributed by atoms with Gasteiger partial charge in [0.1, 0.15) is 0 Å². The Hall–Kier alpha value is -2.43. The fraction of sp³-hybridized carbons (Fsp3) is 0.208. The maximum Gasteiger partial charge on any atom is 0.241 e. The third-order valence-corrected chi connectivity index (χ3v) is 8.55. The molecule has 0 amide bonds. The third-order valence-electron chi connectivity index (χ3n) is 5.03. The molecular weight excluding hydrogens is 394 g/mol. The van der Waals surface area contributed by atoms with E-state index in [1.807, 2.05) is 61.5 Å². The number of hydrogen-bond acceptors (Lipinski definition) is 2. The Morgan fingerprint density at radius 3 is 2.21 bits per heavy atom. The molecule has 0 spiro atoms. The Labute approximate surface area is 174 Å². The zero-order valence-electron chi connectivity index (χ0n) is 17.4. The van der Waals surface area contributed by atoms with E-state index in [1.165, 1.54) is 0 Å². The van der Waals surface area contributed by atoms with E-state index in [0.717, 1.165) is 27.1 Å². The van der Waals surface area contributed by atoms with Crippen molar-refractivity contribution in [3.05, 3.63) is 95.4 Å². The highest BCUT2D eigenvalue weighted by Gasteiger charge is 2.32. The number of benzene rings is 3. The summed E-state index contributed by atoms with van der Waals surface area (Å²) in [7, 11) is -5.64. The van der Waals surface area contributed by atoms with Crippen LogP contribution < -0.4 is 4.72 Å². The van der Waals surface area contributed by atoms with Crippen molar-refractivity contribution in [1.29, 1.82) is 0 Å². The normalized spacial score (nSPS) is 13.1. The van der Waals surface area contributed by atoms with E-state index in [-0.39, 0.29) is 4.90 Å². The summed E-state index contributed by atoms with van der Waals surface area (Å²) >= 11 is 0. The predicted molar refractivity (Wildman–Crippen MR) is 124 cm³/mol. The van der Waals surface area contributed by atoms with Gasteiger partial charge in [0.15, 0.2) is 0 Å². The van der Waals surface area contributed by atoms with Crippen molar-refractivity contribution in [1.82, 2.24) is 4.72 Å². The van der Waals surface area contributed by atoms with Crippen molar-refractivity contribution in [2.75, 3.05) is 0 Å². The molecule has 3 rings (SSSR count). The van der Waals surface area contributed by atoms with E-state index in [1.54, 1.807) is 12.1 Å². The maximum atomic E-state index is 13.3. The molecule has 3 aromatic carbocycles. The monoisotopic (exact) mass is 421 g/mol. The molecule has 0 bridgehead atoms. The molecule has 1 atom stereocenters. The van der Waals surface area contributed by atoms with Crippen molar-refractivity contribution in [3.63, 3.8) is 0 Å². The fourth-order valence-corrected chi connectivity index (χ4v) is 6.44. The van der Waals surface area contributed by atoms with Gasteiger partial charge in [0.25, 0.3) is 0 Å². The van der Waals surface area contributed by atoms with Crippen molar-refractivity contribution in [3.8, 4) is 0 Å². The molecule has 1 N–H and O–H groups in total. The van der Waals surface area contributed by atoms with Crippen LogP contribution in [-0.2, 0) is 10.0 Å². The van der Waals surface area contributed by atoms with Crippen LogP contribution in [0.25, 0.3) is 10.8 Å². The topological polar surface area (TPSA) is 46.2 Å². The van der Waals surface area contributed by atoms with Gasteiger partial charge in [-0.15, -0.1) is 5.73 Å². The first-order chi connectivity index (χ1) is 13.6. The summed E-state index contributed by atoms with van der Waals surface area (Å²) in [5.74, 6) is 0. The van der Waals surface area contributed by atoms with Gasteiger partial charge in [0.05, 0.1) is 19.0 Å². The Morgan fingerprint density at radius 1 is 0.966 bits per heavy atom. The molecule has 0 aromatic heterocycles. The molecule has 0 fully saturated rings. The van der Waals surface area contributed by atoms with Crippen LogP contribution >= 0.6 is 0 Å². The van der Waals surface area contributed by atoms with Gasteiger partial charge in [-0.05, 0) is 40.6 Å². The quantitative estimate of drug-likeness (QED) is 0.406. The third kappa shape index (κ3) is 4.60. The molecular formula is C24H27NO2SSi. The Balaban J connectivity index is 2.19. The van der Waals surface area contributed by atoms with E-state index >= 15 is 0 Å².